The van der Waals surface area contributed by atoms with E-state index in [0.29, 0.717) is 6.42 Å². The number of carbonyl (C=O) groups is 2. The van der Waals surface area contributed by atoms with Gasteiger partial charge in [-0.3, -0.25) is 9.59 Å². The normalized spacial score (nSPS) is 23.5. The third kappa shape index (κ3) is 4.27. The summed E-state index contributed by atoms with van der Waals surface area (Å²) in [7, 11) is 0. The highest BCUT2D eigenvalue weighted by Gasteiger charge is 2.31. The molecule has 3 rings (SSSR count). The van der Waals surface area contributed by atoms with Crippen LogP contribution >= 0.6 is 11.8 Å². The Balaban J connectivity index is 1.61. The Morgan fingerprint density at radius 2 is 2.00 bits per heavy atom. The minimum absolute atomic E-state index is 0.00789. The molecule has 0 bridgehead atoms. The topological polar surface area (TPSA) is 40.6 Å². The van der Waals surface area contributed by atoms with E-state index in [4.69, 9.17) is 0 Å². The molecule has 2 fully saturated rings. The third-order valence-corrected chi connectivity index (χ3v) is 6.18. The van der Waals surface area contributed by atoms with E-state index in [1.165, 1.54) is 11.6 Å². The van der Waals surface area contributed by atoms with Crippen LogP contribution in [-0.4, -0.2) is 52.3 Å². The van der Waals surface area contributed by atoms with Gasteiger partial charge in [0.15, 0.2) is 0 Å². The lowest BCUT2D eigenvalue weighted by Crippen LogP contribution is -2.41. The van der Waals surface area contributed by atoms with E-state index in [1.807, 2.05) is 39.8 Å². The minimum Gasteiger partial charge on any atom is -0.336 e. The van der Waals surface area contributed by atoms with Gasteiger partial charge in [0.2, 0.25) is 11.8 Å². The molecular formula is C20H26N2O2S. The molecule has 2 heterocycles. The Kier molecular flexibility index (Phi) is 6.19. The van der Waals surface area contributed by atoms with Gasteiger partial charge in [-0.1, -0.05) is 36.9 Å². The molecule has 2 aliphatic heterocycles. The molecule has 0 aromatic heterocycles. The van der Waals surface area contributed by atoms with Crippen molar-refractivity contribution in [3.8, 4) is 0 Å². The molecule has 2 unspecified atom stereocenters. The van der Waals surface area contributed by atoms with E-state index in [9.17, 15) is 9.59 Å². The van der Waals surface area contributed by atoms with Crippen molar-refractivity contribution >= 4 is 23.6 Å². The molecule has 5 heteroatoms. The lowest BCUT2D eigenvalue weighted by molar-refractivity contribution is -0.134. The summed E-state index contributed by atoms with van der Waals surface area (Å²) in [6.07, 6.45) is 4.66. The quantitative estimate of drug-likeness (QED) is 0.759. The highest BCUT2D eigenvalue weighted by atomic mass is 32.2. The summed E-state index contributed by atoms with van der Waals surface area (Å²) in [6.45, 7) is 5.18. The Morgan fingerprint density at radius 3 is 2.76 bits per heavy atom. The standard InChI is InChI=1S/C20H26N2O2S/c1-2-19(23)21-12-6-9-17(21)10-11-20(24)22-13-14-25-15-18(22)16-7-4-3-5-8-16/h2-5,7-8,17-18H,1,6,9-15H2. The zero-order valence-corrected chi connectivity index (χ0v) is 15.4. The molecule has 2 amide bonds. The van der Waals surface area contributed by atoms with E-state index in [1.54, 1.807) is 0 Å². The first-order valence-corrected chi connectivity index (χ1v) is 10.2. The van der Waals surface area contributed by atoms with Crippen LogP contribution in [0.25, 0.3) is 0 Å². The maximum absolute atomic E-state index is 12.9. The largest absolute Gasteiger partial charge is 0.336 e. The summed E-state index contributed by atoms with van der Waals surface area (Å²) in [5.74, 6) is 2.17. The van der Waals surface area contributed by atoms with Gasteiger partial charge in [-0.05, 0) is 30.9 Å². The number of carbonyl (C=O) groups excluding carboxylic acids is 2. The van der Waals surface area contributed by atoms with Crippen LogP contribution in [0.3, 0.4) is 0 Å². The van der Waals surface area contributed by atoms with Crippen LogP contribution in [-0.2, 0) is 9.59 Å². The fraction of sp³-hybridized carbons (Fsp3) is 0.500. The van der Waals surface area contributed by atoms with E-state index in [0.717, 1.165) is 43.9 Å². The molecule has 134 valence electrons. The zero-order chi connectivity index (χ0) is 17.6. The van der Waals surface area contributed by atoms with Crippen LogP contribution < -0.4 is 0 Å². The van der Waals surface area contributed by atoms with E-state index in [2.05, 4.69) is 18.7 Å². The molecule has 2 atom stereocenters. The summed E-state index contributed by atoms with van der Waals surface area (Å²) in [6, 6.07) is 10.7. The van der Waals surface area contributed by atoms with Crippen LogP contribution in [0, 0.1) is 0 Å². The monoisotopic (exact) mass is 358 g/mol. The second-order valence-electron chi connectivity index (χ2n) is 6.66. The highest BCUT2D eigenvalue weighted by Crippen LogP contribution is 2.31. The molecule has 0 radical (unpaired) electrons. The molecular weight excluding hydrogens is 332 g/mol. The summed E-state index contributed by atoms with van der Waals surface area (Å²) in [5.41, 5.74) is 1.22. The Hall–Kier alpha value is -1.75. The molecule has 1 aromatic carbocycles. The van der Waals surface area contributed by atoms with Crippen LogP contribution in [0.2, 0.25) is 0 Å². The second-order valence-corrected chi connectivity index (χ2v) is 7.81. The Labute approximate surface area is 154 Å². The summed E-state index contributed by atoms with van der Waals surface area (Å²) in [5, 5.41) is 0. The molecule has 0 saturated carbocycles. The van der Waals surface area contributed by atoms with Crippen molar-refractivity contribution in [1.29, 1.82) is 0 Å². The molecule has 0 aliphatic carbocycles. The average molecular weight is 359 g/mol. The number of amides is 2. The number of rotatable bonds is 5. The molecule has 1 aromatic rings. The lowest BCUT2D eigenvalue weighted by atomic mass is 10.0. The number of hydrogen-bond donors (Lipinski definition) is 0. The molecule has 0 spiro atoms. The molecule has 25 heavy (non-hydrogen) atoms. The van der Waals surface area contributed by atoms with E-state index in [-0.39, 0.29) is 23.9 Å². The van der Waals surface area contributed by atoms with Gasteiger partial charge < -0.3 is 9.80 Å². The second kappa shape index (κ2) is 8.56. The minimum atomic E-state index is -0.00789. The first-order valence-electron chi connectivity index (χ1n) is 9.06. The Bertz CT molecular complexity index is 619. The first-order chi connectivity index (χ1) is 12.2. The van der Waals surface area contributed by atoms with Gasteiger partial charge in [-0.15, -0.1) is 0 Å². The van der Waals surface area contributed by atoms with E-state index < -0.39 is 0 Å². The van der Waals surface area contributed by atoms with Crippen molar-refractivity contribution in [1.82, 2.24) is 9.80 Å². The summed E-state index contributed by atoms with van der Waals surface area (Å²) in [4.78, 5) is 28.7. The maximum Gasteiger partial charge on any atom is 0.246 e. The summed E-state index contributed by atoms with van der Waals surface area (Å²) < 4.78 is 0. The third-order valence-electron chi connectivity index (χ3n) is 5.16. The Morgan fingerprint density at radius 1 is 1.20 bits per heavy atom. The van der Waals surface area contributed by atoms with Gasteiger partial charge in [-0.25, -0.2) is 0 Å². The van der Waals surface area contributed by atoms with Crippen molar-refractivity contribution in [2.75, 3.05) is 24.6 Å². The van der Waals surface area contributed by atoms with Crippen LogP contribution in [0.1, 0.15) is 37.3 Å². The van der Waals surface area contributed by atoms with Gasteiger partial charge in [0, 0.05) is 37.1 Å². The van der Waals surface area contributed by atoms with Crippen LogP contribution in [0.5, 0.6) is 0 Å². The molecule has 2 saturated heterocycles. The van der Waals surface area contributed by atoms with Crippen molar-refractivity contribution in [3.63, 3.8) is 0 Å². The molecule has 4 nitrogen and oxygen atoms in total. The lowest BCUT2D eigenvalue weighted by Gasteiger charge is -2.36. The smallest absolute Gasteiger partial charge is 0.246 e. The number of hydrogen-bond acceptors (Lipinski definition) is 3. The van der Waals surface area contributed by atoms with Crippen molar-refractivity contribution in [2.24, 2.45) is 0 Å². The van der Waals surface area contributed by atoms with Gasteiger partial charge in [0.25, 0.3) is 0 Å². The zero-order valence-electron chi connectivity index (χ0n) is 14.6. The van der Waals surface area contributed by atoms with Gasteiger partial charge in [0.1, 0.15) is 0 Å². The molecule has 0 N–H and O–H groups in total. The van der Waals surface area contributed by atoms with Gasteiger partial charge in [-0.2, -0.15) is 11.8 Å². The first kappa shape index (κ1) is 18.1. The van der Waals surface area contributed by atoms with Crippen molar-refractivity contribution in [3.05, 3.63) is 48.6 Å². The fourth-order valence-corrected chi connectivity index (χ4v) is 4.92. The van der Waals surface area contributed by atoms with E-state index >= 15 is 0 Å². The van der Waals surface area contributed by atoms with Gasteiger partial charge in [0.05, 0.1) is 6.04 Å². The SMILES string of the molecule is C=CC(=O)N1CCCC1CCC(=O)N1CCSCC1c1ccccc1. The molecule has 2 aliphatic rings. The van der Waals surface area contributed by atoms with Crippen molar-refractivity contribution < 1.29 is 9.59 Å². The van der Waals surface area contributed by atoms with Crippen LogP contribution in [0.15, 0.2) is 43.0 Å². The number of likely N-dealkylation sites (tertiary alicyclic amines) is 1. The average Bonchev–Trinajstić information content (AvgIpc) is 3.15. The van der Waals surface area contributed by atoms with Crippen molar-refractivity contribution in [2.45, 2.75) is 37.8 Å². The number of benzene rings is 1. The predicted octanol–water partition coefficient (Wildman–Crippen LogP) is 3.26. The fourth-order valence-electron chi connectivity index (χ4n) is 3.83. The maximum atomic E-state index is 12.9. The van der Waals surface area contributed by atoms with Crippen LogP contribution in [0.4, 0.5) is 0 Å². The summed E-state index contributed by atoms with van der Waals surface area (Å²) >= 11 is 1.91. The van der Waals surface area contributed by atoms with Gasteiger partial charge >= 0.3 is 0 Å². The number of nitrogens with zero attached hydrogens (tertiary/aromatic N) is 2. The highest BCUT2D eigenvalue weighted by molar-refractivity contribution is 7.99. The predicted molar refractivity (Wildman–Crippen MR) is 102 cm³/mol. The number of thioether (sulfide) groups is 1.